The first kappa shape index (κ1) is 19.3. The average Bonchev–Trinajstić information content (AvgIpc) is 3.16. The number of halogens is 3. The minimum Gasteiger partial charge on any atom is -0.508 e. The van der Waals surface area contributed by atoms with Crippen LogP contribution in [0.25, 0.3) is 0 Å². The van der Waals surface area contributed by atoms with Crippen LogP contribution < -0.4 is 5.32 Å². The first-order valence-electron chi connectivity index (χ1n) is 8.35. The van der Waals surface area contributed by atoms with Gasteiger partial charge in [-0.1, -0.05) is 12.1 Å². The van der Waals surface area contributed by atoms with E-state index in [4.69, 9.17) is 4.42 Å². The van der Waals surface area contributed by atoms with Crippen LogP contribution in [0.15, 0.2) is 71.3 Å². The third-order valence-corrected chi connectivity index (χ3v) is 3.99. The van der Waals surface area contributed by atoms with Crippen molar-refractivity contribution < 1.29 is 27.5 Å². The van der Waals surface area contributed by atoms with Crippen molar-refractivity contribution in [1.82, 2.24) is 4.90 Å². The molecule has 2 amide bonds. The first-order valence-corrected chi connectivity index (χ1v) is 8.35. The van der Waals surface area contributed by atoms with Gasteiger partial charge in [-0.25, -0.2) is 4.79 Å². The lowest BCUT2D eigenvalue weighted by Crippen LogP contribution is -2.34. The summed E-state index contributed by atoms with van der Waals surface area (Å²) < 4.78 is 43.3. The number of alkyl halides is 3. The van der Waals surface area contributed by atoms with Gasteiger partial charge in [0, 0.05) is 12.2 Å². The monoisotopic (exact) mass is 390 g/mol. The Hall–Kier alpha value is -3.42. The number of hydrogen-bond donors (Lipinski definition) is 2. The van der Waals surface area contributed by atoms with E-state index in [1.165, 1.54) is 35.4 Å². The number of aromatic hydroxyl groups is 1. The number of hydrogen-bond acceptors (Lipinski definition) is 3. The maximum absolute atomic E-state index is 12.7. The van der Waals surface area contributed by atoms with E-state index in [0.29, 0.717) is 5.76 Å². The van der Waals surface area contributed by atoms with Gasteiger partial charge in [0.2, 0.25) is 0 Å². The highest BCUT2D eigenvalue weighted by atomic mass is 19.4. The number of rotatable bonds is 5. The van der Waals surface area contributed by atoms with Gasteiger partial charge in [-0.3, -0.25) is 0 Å². The molecule has 0 unspecified atom stereocenters. The molecule has 28 heavy (non-hydrogen) atoms. The van der Waals surface area contributed by atoms with Crippen molar-refractivity contribution >= 4 is 11.7 Å². The van der Waals surface area contributed by atoms with Crippen LogP contribution in [-0.2, 0) is 19.3 Å². The van der Waals surface area contributed by atoms with Crippen molar-refractivity contribution in [3.8, 4) is 5.75 Å². The lowest BCUT2D eigenvalue weighted by atomic mass is 10.2. The van der Waals surface area contributed by atoms with Gasteiger partial charge in [0.25, 0.3) is 0 Å². The van der Waals surface area contributed by atoms with E-state index in [0.717, 1.165) is 17.7 Å². The molecule has 5 nitrogen and oxygen atoms in total. The van der Waals surface area contributed by atoms with Crippen LogP contribution in [0.1, 0.15) is 16.9 Å². The van der Waals surface area contributed by atoms with Crippen molar-refractivity contribution in [3.05, 3.63) is 83.8 Å². The molecule has 0 saturated heterocycles. The van der Waals surface area contributed by atoms with E-state index in [-0.39, 0.29) is 24.5 Å². The Morgan fingerprint density at radius 2 is 1.68 bits per heavy atom. The van der Waals surface area contributed by atoms with Gasteiger partial charge in [-0.2, -0.15) is 13.2 Å². The van der Waals surface area contributed by atoms with Gasteiger partial charge in [0.05, 0.1) is 18.4 Å². The maximum atomic E-state index is 12.7. The molecule has 3 rings (SSSR count). The molecule has 1 heterocycles. The maximum Gasteiger partial charge on any atom is 0.416 e. The Kier molecular flexibility index (Phi) is 5.58. The highest BCUT2D eigenvalue weighted by molar-refractivity contribution is 5.89. The molecule has 0 bridgehead atoms. The van der Waals surface area contributed by atoms with E-state index in [1.807, 2.05) is 0 Å². The summed E-state index contributed by atoms with van der Waals surface area (Å²) in [5, 5.41) is 12.0. The number of benzene rings is 2. The molecule has 2 N–H and O–H groups in total. The van der Waals surface area contributed by atoms with E-state index < -0.39 is 17.8 Å². The van der Waals surface area contributed by atoms with Crippen molar-refractivity contribution in [2.75, 3.05) is 5.32 Å². The SMILES string of the molecule is O=C(Nc1ccc(C(F)(F)F)cc1)N(Cc1ccc(O)cc1)Cc1ccco1. The number of anilines is 1. The topological polar surface area (TPSA) is 65.7 Å². The average molecular weight is 390 g/mol. The van der Waals surface area contributed by atoms with Crippen molar-refractivity contribution in [2.45, 2.75) is 19.3 Å². The molecule has 0 aliphatic carbocycles. The molecular formula is C20H17F3N2O3. The van der Waals surface area contributed by atoms with E-state index in [1.54, 1.807) is 24.3 Å². The van der Waals surface area contributed by atoms with E-state index in [9.17, 15) is 23.1 Å². The van der Waals surface area contributed by atoms with Crippen molar-refractivity contribution in [2.24, 2.45) is 0 Å². The Balaban J connectivity index is 1.74. The van der Waals surface area contributed by atoms with E-state index in [2.05, 4.69) is 5.32 Å². The second-order valence-corrected chi connectivity index (χ2v) is 6.11. The molecule has 0 spiro atoms. The van der Waals surface area contributed by atoms with Crippen LogP contribution in [0.3, 0.4) is 0 Å². The summed E-state index contributed by atoms with van der Waals surface area (Å²) in [6.45, 7) is 0.383. The van der Waals surface area contributed by atoms with Crippen LogP contribution >= 0.6 is 0 Å². The highest BCUT2D eigenvalue weighted by Crippen LogP contribution is 2.30. The van der Waals surface area contributed by atoms with Gasteiger partial charge >= 0.3 is 12.2 Å². The molecule has 0 aliphatic heterocycles. The summed E-state index contributed by atoms with van der Waals surface area (Å²) in [5.41, 5.74) is 0.224. The first-order chi connectivity index (χ1) is 13.3. The van der Waals surface area contributed by atoms with Crippen LogP contribution in [0.5, 0.6) is 5.75 Å². The van der Waals surface area contributed by atoms with Gasteiger partial charge in [0.1, 0.15) is 11.5 Å². The van der Waals surface area contributed by atoms with Gasteiger partial charge < -0.3 is 19.7 Å². The molecule has 8 heteroatoms. The Labute approximate surface area is 159 Å². The normalized spacial score (nSPS) is 11.2. The Bertz CT molecular complexity index is 905. The zero-order chi connectivity index (χ0) is 20.1. The zero-order valence-corrected chi connectivity index (χ0v) is 14.6. The standard InChI is InChI=1S/C20H17F3N2O3/c21-20(22,23)15-5-7-16(8-6-15)24-19(27)25(13-18-2-1-11-28-18)12-14-3-9-17(26)10-4-14/h1-11,26H,12-13H2,(H,24,27). The zero-order valence-electron chi connectivity index (χ0n) is 14.6. The summed E-state index contributed by atoms with van der Waals surface area (Å²) in [4.78, 5) is 14.1. The van der Waals surface area contributed by atoms with Crippen LogP contribution in [0, 0.1) is 0 Å². The summed E-state index contributed by atoms with van der Waals surface area (Å²) in [5.74, 6) is 0.664. The fourth-order valence-corrected chi connectivity index (χ4v) is 2.56. The molecule has 0 aliphatic rings. The number of carbonyl (C=O) groups is 1. The number of nitrogens with zero attached hydrogens (tertiary/aromatic N) is 1. The quantitative estimate of drug-likeness (QED) is 0.626. The third-order valence-electron chi connectivity index (χ3n) is 3.99. The van der Waals surface area contributed by atoms with Crippen LogP contribution in [0.4, 0.5) is 23.7 Å². The lowest BCUT2D eigenvalue weighted by molar-refractivity contribution is -0.137. The molecule has 2 aromatic carbocycles. The third kappa shape index (κ3) is 5.06. The summed E-state index contributed by atoms with van der Waals surface area (Å²) in [6, 6.07) is 13.5. The van der Waals surface area contributed by atoms with Gasteiger partial charge in [-0.05, 0) is 54.1 Å². The molecule has 0 atom stereocenters. The largest absolute Gasteiger partial charge is 0.508 e. The number of furan rings is 1. The smallest absolute Gasteiger partial charge is 0.416 e. The van der Waals surface area contributed by atoms with E-state index >= 15 is 0 Å². The molecule has 0 fully saturated rings. The summed E-state index contributed by atoms with van der Waals surface area (Å²) >= 11 is 0. The fraction of sp³-hybridized carbons (Fsp3) is 0.150. The molecule has 0 saturated carbocycles. The van der Waals surface area contributed by atoms with Crippen LogP contribution in [-0.4, -0.2) is 16.0 Å². The number of urea groups is 1. The number of phenolic OH excluding ortho intramolecular Hbond substituents is 1. The summed E-state index contributed by atoms with van der Waals surface area (Å²) in [6.07, 6.45) is -2.95. The minimum absolute atomic E-state index is 0.107. The molecule has 146 valence electrons. The second-order valence-electron chi connectivity index (χ2n) is 6.11. The number of nitrogens with one attached hydrogen (secondary N) is 1. The molecular weight excluding hydrogens is 373 g/mol. The highest BCUT2D eigenvalue weighted by Gasteiger charge is 2.30. The number of phenols is 1. The van der Waals surface area contributed by atoms with Crippen molar-refractivity contribution in [3.63, 3.8) is 0 Å². The molecule has 3 aromatic rings. The molecule has 0 radical (unpaired) electrons. The van der Waals surface area contributed by atoms with Crippen LogP contribution in [0.2, 0.25) is 0 Å². The number of amides is 2. The molecule has 1 aromatic heterocycles. The predicted octanol–water partition coefficient (Wildman–Crippen LogP) is 5.24. The Morgan fingerprint density at radius 1 is 1.00 bits per heavy atom. The van der Waals surface area contributed by atoms with Crippen molar-refractivity contribution in [1.29, 1.82) is 0 Å². The fourth-order valence-electron chi connectivity index (χ4n) is 2.56. The number of carbonyl (C=O) groups excluding carboxylic acids is 1. The van der Waals surface area contributed by atoms with Gasteiger partial charge in [0.15, 0.2) is 0 Å². The summed E-state index contributed by atoms with van der Waals surface area (Å²) in [7, 11) is 0. The Morgan fingerprint density at radius 3 is 2.25 bits per heavy atom. The minimum atomic E-state index is -4.44. The lowest BCUT2D eigenvalue weighted by Gasteiger charge is -2.22. The predicted molar refractivity (Wildman–Crippen MR) is 96.5 cm³/mol. The van der Waals surface area contributed by atoms with Gasteiger partial charge in [-0.15, -0.1) is 0 Å². The second kappa shape index (κ2) is 8.08.